The van der Waals surface area contributed by atoms with Gasteiger partial charge in [-0.1, -0.05) is 18.3 Å². The van der Waals surface area contributed by atoms with Crippen molar-refractivity contribution in [2.45, 2.75) is 45.1 Å². The van der Waals surface area contributed by atoms with Gasteiger partial charge in [0.05, 0.1) is 0 Å². The maximum atomic E-state index is 12.2. The van der Waals surface area contributed by atoms with Crippen LogP contribution in [0.4, 0.5) is 10.9 Å². The van der Waals surface area contributed by atoms with Gasteiger partial charge in [0.1, 0.15) is 10.7 Å². The summed E-state index contributed by atoms with van der Waals surface area (Å²) in [7, 11) is 0. The fraction of sp³-hybridized carbons (Fsp3) is 0.667. The van der Waals surface area contributed by atoms with E-state index in [9.17, 15) is 4.79 Å². The third-order valence-corrected chi connectivity index (χ3v) is 4.58. The average Bonchev–Trinajstić information content (AvgIpc) is 2.65. The van der Waals surface area contributed by atoms with Crippen molar-refractivity contribution in [1.82, 2.24) is 10.3 Å². The average molecular weight is 268 g/mol. The van der Waals surface area contributed by atoms with Gasteiger partial charge in [-0.25, -0.2) is 4.98 Å². The molecule has 0 bridgehead atoms. The number of hydrogen-bond acceptors (Lipinski definition) is 5. The summed E-state index contributed by atoms with van der Waals surface area (Å²) in [5.41, 5.74) is 5.78. The van der Waals surface area contributed by atoms with E-state index in [1.807, 2.05) is 6.92 Å². The van der Waals surface area contributed by atoms with Crippen molar-refractivity contribution in [1.29, 1.82) is 0 Å². The third kappa shape index (κ3) is 2.43. The fourth-order valence-corrected chi connectivity index (χ4v) is 3.04. The minimum atomic E-state index is -0.0873. The predicted octanol–water partition coefficient (Wildman–Crippen LogP) is 2.22. The van der Waals surface area contributed by atoms with Gasteiger partial charge < -0.3 is 16.4 Å². The van der Waals surface area contributed by atoms with E-state index >= 15 is 0 Å². The molecule has 0 aliphatic heterocycles. The number of carbonyl (C=O) groups excluding carboxylic acids is 1. The topological polar surface area (TPSA) is 80.0 Å². The van der Waals surface area contributed by atoms with E-state index in [0.29, 0.717) is 15.8 Å². The van der Waals surface area contributed by atoms with Crippen molar-refractivity contribution < 1.29 is 4.79 Å². The normalized spacial score (nSPS) is 17.0. The van der Waals surface area contributed by atoms with Gasteiger partial charge >= 0.3 is 0 Å². The van der Waals surface area contributed by atoms with Crippen LogP contribution in [0.3, 0.4) is 0 Å². The number of nitrogen functional groups attached to an aromatic ring is 1. The van der Waals surface area contributed by atoms with Crippen LogP contribution in [-0.2, 0) is 0 Å². The number of anilines is 2. The van der Waals surface area contributed by atoms with E-state index in [4.69, 9.17) is 5.73 Å². The maximum absolute atomic E-state index is 12.2. The van der Waals surface area contributed by atoms with Crippen LogP contribution in [0.1, 0.15) is 49.2 Å². The number of rotatable bonds is 5. The van der Waals surface area contributed by atoms with Crippen LogP contribution in [0, 0.1) is 0 Å². The number of hydrogen-bond donors (Lipinski definition) is 3. The second-order valence-corrected chi connectivity index (χ2v) is 5.70. The third-order valence-electron chi connectivity index (χ3n) is 3.55. The summed E-state index contributed by atoms with van der Waals surface area (Å²) in [6.45, 7) is 4.87. The Hall–Kier alpha value is -1.30. The van der Waals surface area contributed by atoms with Crippen LogP contribution in [0.15, 0.2) is 0 Å². The van der Waals surface area contributed by atoms with Gasteiger partial charge in [-0.15, -0.1) is 0 Å². The Bertz CT molecular complexity index is 434. The number of amides is 1. The van der Waals surface area contributed by atoms with Crippen molar-refractivity contribution in [2.24, 2.45) is 0 Å². The van der Waals surface area contributed by atoms with Gasteiger partial charge in [0, 0.05) is 12.1 Å². The van der Waals surface area contributed by atoms with Crippen molar-refractivity contribution in [2.75, 3.05) is 17.6 Å². The van der Waals surface area contributed by atoms with Crippen LogP contribution in [0.5, 0.6) is 0 Å². The Morgan fingerprint density at radius 1 is 1.50 bits per heavy atom. The lowest BCUT2D eigenvalue weighted by atomic mass is 9.75. The Labute approximate surface area is 111 Å². The predicted molar refractivity (Wildman–Crippen MR) is 75.0 cm³/mol. The molecule has 1 aromatic rings. The second kappa shape index (κ2) is 5.14. The summed E-state index contributed by atoms with van der Waals surface area (Å²) < 4.78 is 0. The Kier molecular flexibility index (Phi) is 3.75. The Morgan fingerprint density at radius 3 is 2.72 bits per heavy atom. The highest BCUT2D eigenvalue weighted by atomic mass is 32.1. The molecule has 1 amide bonds. The van der Waals surface area contributed by atoms with E-state index in [1.165, 1.54) is 17.8 Å². The minimum Gasteiger partial charge on any atom is -0.382 e. The zero-order valence-electron chi connectivity index (χ0n) is 10.9. The molecule has 0 radical (unpaired) electrons. The summed E-state index contributed by atoms with van der Waals surface area (Å²) in [4.78, 5) is 16.9. The molecule has 0 aromatic carbocycles. The van der Waals surface area contributed by atoms with Crippen molar-refractivity contribution in [3.8, 4) is 0 Å². The summed E-state index contributed by atoms with van der Waals surface area (Å²) in [5, 5.41) is 6.90. The number of nitrogens with two attached hydrogens (primary N) is 1. The lowest BCUT2D eigenvalue weighted by Crippen LogP contribution is -2.52. The Balaban J connectivity index is 2.08. The Morgan fingerprint density at radius 2 is 2.22 bits per heavy atom. The number of carbonyl (C=O) groups is 1. The molecular formula is C12H20N4OS. The van der Waals surface area contributed by atoms with Crippen LogP contribution in [0.25, 0.3) is 0 Å². The molecule has 0 spiro atoms. The SMILES string of the molecule is CCNc1nc(N)c(C(=O)NC2(CC)CCC2)s1. The van der Waals surface area contributed by atoms with E-state index in [1.54, 1.807) is 0 Å². The van der Waals surface area contributed by atoms with Crippen LogP contribution in [0.2, 0.25) is 0 Å². The molecule has 5 nitrogen and oxygen atoms in total. The van der Waals surface area contributed by atoms with Gasteiger partial charge in [0.2, 0.25) is 0 Å². The monoisotopic (exact) mass is 268 g/mol. The molecular weight excluding hydrogens is 248 g/mol. The first-order chi connectivity index (χ1) is 8.60. The van der Waals surface area contributed by atoms with Gasteiger partial charge in [-0.05, 0) is 32.6 Å². The maximum Gasteiger partial charge on any atom is 0.265 e. The summed E-state index contributed by atoms with van der Waals surface area (Å²) in [6.07, 6.45) is 4.29. The van der Waals surface area contributed by atoms with Crippen LogP contribution in [-0.4, -0.2) is 23.0 Å². The lowest BCUT2D eigenvalue weighted by Gasteiger charge is -2.41. The molecule has 100 valence electrons. The molecule has 0 saturated heterocycles. The van der Waals surface area contributed by atoms with Crippen molar-refractivity contribution in [3.63, 3.8) is 0 Å². The van der Waals surface area contributed by atoms with Gasteiger partial charge in [0.15, 0.2) is 5.13 Å². The van der Waals surface area contributed by atoms with E-state index in [2.05, 4.69) is 22.5 Å². The number of nitrogens with zero attached hydrogens (tertiary/aromatic N) is 1. The highest BCUT2D eigenvalue weighted by Crippen LogP contribution is 2.35. The first kappa shape index (κ1) is 13.1. The molecule has 1 aromatic heterocycles. The van der Waals surface area contributed by atoms with Gasteiger partial charge in [-0.3, -0.25) is 4.79 Å². The second-order valence-electron chi connectivity index (χ2n) is 4.71. The van der Waals surface area contributed by atoms with Gasteiger partial charge in [0.25, 0.3) is 5.91 Å². The molecule has 1 aliphatic carbocycles. The lowest BCUT2D eigenvalue weighted by molar-refractivity contribution is 0.0825. The van der Waals surface area contributed by atoms with Gasteiger partial charge in [-0.2, -0.15) is 0 Å². The molecule has 1 saturated carbocycles. The smallest absolute Gasteiger partial charge is 0.265 e. The minimum absolute atomic E-state index is 0.00807. The van der Waals surface area contributed by atoms with Crippen molar-refractivity contribution in [3.05, 3.63) is 4.88 Å². The van der Waals surface area contributed by atoms with E-state index in [-0.39, 0.29) is 11.4 Å². The van der Waals surface area contributed by atoms with E-state index in [0.717, 1.165) is 25.8 Å². The zero-order valence-corrected chi connectivity index (χ0v) is 11.7. The van der Waals surface area contributed by atoms with Crippen molar-refractivity contribution >= 4 is 28.2 Å². The number of thiazole rings is 1. The number of nitrogens with one attached hydrogen (secondary N) is 2. The molecule has 1 heterocycles. The molecule has 1 fully saturated rings. The standard InChI is InChI=1S/C12H20N4OS/c1-3-12(6-5-7-12)16-10(17)8-9(13)15-11(18-8)14-4-2/h3-7,13H2,1-2H3,(H,14,15)(H,16,17). The molecule has 0 unspecified atom stereocenters. The highest BCUT2D eigenvalue weighted by molar-refractivity contribution is 7.18. The largest absolute Gasteiger partial charge is 0.382 e. The molecule has 18 heavy (non-hydrogen) atoms. The first-order valence-electron chi connectivity index (χ1n) is 6.43. The molecule has 1 aliphatic rings. The summed E-state index contributed by atoms with van der Waals surface area (Å²) in [6, 6.07) is 0. The fourth-order valence-electron chi connectivity index (χ4n) is 2.19. The summed E-state index contributed by atoms with van der Waals surface area (Å²) in [5.74, 6) is 0.231. The molecule has 2 rings (SSSR count). The van der Waals surface area contributed by atoms with Crippen LogP contribution >= 0.6 is 11.3 Å². The number of aromatic nitrogens is 1. The first-order valence-corrected chi connectivity index (χ1v) is 7.24. The quantitative estimate of drug-likeness (QED) is 0.765. The highest BCUT2D eigenvalue weighted by Gasteiger charge is 2.37. The van der Waals surface area contributed by atoms with Crippen LogP contribution < -0.4 is 16.4 Å². The molecule has 4 N–H and O–H groups in total. The molecule has 6 heteroatoms. The molecule has 0 atom stereocenters. The summed E-state index contributed by atoms with van der Waals surface area (Å²) >= 11 is 1.32. The zero-order chi connectivity index (χ0) is 13.2. The van der Waals surface area contributed by atoms with E-state index < -0.39 is 0 Å².